The molecule has 1 atom stereocenters. The average Bonchev–Trinajstić information content (AvgIpc) is 2.61. The Balaban J connectivity index is 2.28. The molecule has 0 fully saturated rings. The number of rotatable bonds is 3. The fourth-order valence-corrected chi connectivity index (χ4v) is 3.18. The molecule has 0 saturated carbocycles. The summed E-state index contributed by atoms with van der Waals surface area (Å²) in [5.41, 5.74) is 2.47. The highest BCUT2D eigenvalue weighted by atomic mass is 32.1. The summed E-state index contributed by atoms with van der Waals surface area (Å²) < 4.78 is 5.42. The molecule has 1 aliphatic rings. The van der Waals surface area contributed by atoms with Gasteiger partial charge in [-0.3, -0.25) is 0 Å². The second-order valence-corrected chi connectivity index (χ2v) is 5.31. The van der Waals surface area contributed by atoms with Crippen molar-refractivity contribution in [3.8, 4) is 0 Å². The molecule has 0 saturated heterocycles. The van der Waals surface area contributed by atoms with Crippen molar-refractivity contribution >= 4 is 11.3 Å². The van der Waals surface area contributed by atoms with Crippen molar-refractivity contribution in [2.75, 3.05) is 13.7 Å². The van der Waals surface area contributed by atoms with Gasteiger partial charge < -0.3 is 10.1 Å². The standard InChI is InChI=1S/C12H18N2OS/c1-8-12(16-9(2)14-8)11(13-3)10-5-4-6-15-7-10/h7,11,13H,4-6H2,1-3H3. The summed E-state index contributed by atoms with van der Waals surface area (Å²) in [5, 5.41) is 4.49. The van der Waals surface area contributed by atoms with E-state index < -0.39 is 0 Å². The Kier molecular flexibility index (Phi) is 3.61. The van der Waals surface area contributed by atoms with E-state index in [1.165, 1.54) is 10.5 Å². The molecule has 3 nitrogen and oxygen atoms in total. The second kappa shape index (κ2) is 4.97. The number of hydrogen-bond donors (Lipinski definition) is 1. The summed E-state index contributed by atoms with van der Waals surface area (Å²) in [4.78, 5) is 5.80. The molecule has 2 heterocycles. The molecule has 1 N–H and O–H groups in total. The van der Waals surface area contributed by atoms with Gasteiger partial charge in [-0.25, -0.2) is 4.98 Å². The zero-order valence-electron chi connectivity index (χ0n) is 10.0. The van der Waals surface area contributed by atoms with Crippen LogP contribution in [0, 0.1) is 13.8 Å². The van der Waals surface area contributed by atoms with Crippen molar-refractivity contribution in [3.63, 3.8) is 0 Å². The first-order valence-electron chi connectivity index (χ1n) is 5.64. The predicted molar refractivity (Wildman–Crippen MR) is 66.7 cm³/mol. The van der Waals surface area contributed by atoms with E-state index in [1.807, 2.05) is 13.3 Å². The minimum Gasteiger partial charge on any atom is -0.501 e. The maximum absolute atomic E-state index is 5.42. The summed E-state index contributed by atoms with van der Waals surface area (Å²) in [7, 11) is 1.99. The van der Waals surface area contributed by atoms with Crippen molar-refractivity contribution in [1.29, 1.82) is 0 Å². The lowest BCUT2D eigenvalue weighted by Gasteiger charge is -2.22. The minimum absolute atomic E-state index is 0.270. The topological polar surface area (TPSA) is 34.1 Å². The maximum Gasteiger partial charge on any atom is 0.0900 e. The first-order valence-corrected chi connectivity index (χ1v) is 6.45. The fraction of sp³-hybridized carbons (Fsp3) is 0.583. The Morgan fingerprint density at radius 2 is 2.31 bits per heavy atom. The monoisotopic (exact) mass is 238 g/mol. The van der Waals surface area contributed by atoms with E-state index in [9.17, 15) is 0 Å². The van der Waals surface area contributed by atoms with E-state index >= 15 is 0 Å². The zero-order valence-corrected chi connectivity index (χ0v) is 10.9. The number of hydrogen-bond acceptors (Lipinski definition) is 4. The number of thiazole rings is 1. The minimum atomic E-state index is 0.270. The van der Waals surface area contributed by atoms with Crippen LogP contribution in [0.3, 0.4) is 0 Å². The number of nitrogens with zero attached hydrogens (tertiary/aromatic N) is 1. The van der Waals surface area contributed by atoms with Crippen LogP contribution in [-0.4, -0.2) is 18.6 Å². The molecule has 88 valence electrons. The molecule has 4 heteroatoms. The summed E-state index contributed by atoms with van der Waals surface area (Å²) in [6, 6.07) is 0.270. The second-order valence-electron chi connectivity index (χ2n) is 4.07. The first-order chi connectivity index (χ1) is 7.72. The molecule has 1 aliphatic heterocycles. The van der Waals surface area contributed by atoms with Gasteiger partial charge in [-0.2, -0.15) is 0 Å². The van der Waals surface area contributed by atoms with Gasteiger partial charge in [-0.1, -0.05) is 0 Å². The lowest BCUT2D eigenvalue weighted by molar-refractivity contribution is 0.220. The van der Waals surface area contributed by atoms with E-state index in [1.54, 1.807) is 11.3 Å². The Hall–Kier alpha value is -0.870. The molecule has 0 radical (unpaired) electrons. The molecule has 16 heavy (non-hydrogen) atoms. The maximum atomic E-state index is 5.42. The van der Waals surface area contributed by atoms with Crippen LogP contribution < -0.4 is 5.32 Å². The fourth-order valence-electron chi connectivity index (χ4n) is 2.10. The number of aryl methyl sites for hydroxylation is 2. The van der Waals surface area contributed by atoms with Crippen LogP contribution in [0.25, 0.3) is 0 Å². The average molecular weight is 238 g/mol. The van der Waals surface area contributed by atoms with Crippen LogP contribution in [0.5, 0.6) is 0 Å². The highest BCUT2D eigenvalue weighted by Crippen LogP contribution is 2.32. The molecule has 2 rings (SSSR count). The third-order valence-electron chi connectivity index (χ3n) is 2.82. The normalized spacial score (nSPS) is 17.8. The van der Waals surface area contributed by atoms with Gasteiger partial charge in [0, 0.05) is 4.88 Å². The molecule has 0 amide bonds. The van der Waals surface area contributed by atoms with Crippen molar-refractivity contribution in [2.24, 2.45) is 0 Å². The van der Waals surface area contributed by atoms with E-state index in [2.05, 4.69) is 24.1 Å². The Labute approximate surface area is 101 Å². The van der Waals surface area contributed by atoms with Gasteiger partial charge in [-0.15, -0.1) is 11.3 Å². The van der Waals surface area contributed by atoms with Crippen LogP contribution in [-0.2, 0) is 4.74 Å². The molecule has 0 aromatic carbocycles. The lowest BCUT2D eigenvalue weighted by Crippen LogP contribution is -2.20. The number of nitrogens with one attached hydrogen (secondary N) is 1. The molecular formula is C12H18N2OS. The highest BCUT2D eigenvalue weighted by molar-refractivity contribution is 7.11. The lowest BCUT2D eigenvalue weighted by atomic mass is 10.0. The Bertz CT molecular complexity index is 398. The molecule has 0 spiro atoms. The van der Waals surface area contributed by atoms with Crippen molar-refractivity contribution in [3.05, 3.63) is 27.4 Å². The Morgan fingerprint density at radius 1 is 1.50 bits per heavy atom. The van der Waals surface area contributed by atoms with E-state index in [4.69, 9.17) is 4.74 Å². The van der Waals surface area contributed by atoms with Gasteiger partial charge in [0.15, 0.2) is 0 Å². The number of likely N-dealkylation sites (N-methyl/N-ethyl adjacent to an activating group) is 1. The van der Waals surface area contributed by atoms with Crippen LogP contribution >= 0.6 is 11.3 Å². The van der Waals surface area contributed by atoms with Crippen molar-refractivity contribution < 1.29 is 4.74 Å². The van der Waals surface area contributed by atoms with Gasteiger partial charge in [0.1, 0.15) is 0 Å². The van der Waals surface area contributed by atoms with Crippen molar-refractivity contribution in [1.82, 2.24) is 10.3 Å². The third kappa shape index (κ3) is 2.28. The molecule has 1 aromatic heterocycles. The molecule has 0 aliphatic carbocycles. The predicted octanol–water partition coefficient (Wildman–Crippen LogP) is 2.71. The van der Waals surface area contributed by atoms with Crippen LogP contribution in [0.15, 0.2) is 11.8 Å². The van der Waals surface area contributed by atoms with Gasteiger partial charge in [0.2, 0.25) is 0 Å². The van der Waals surface area contributed by atoms with Gasteiger partial charge in [-0.05, 0) is 39.3 Å². The number of ether oxygens (including phenoxy) is 1. The molecular weight excluding hydrogens is 220 g/mol. The quantitative estimate of drug-likeness (QED) is 0.879. The van der Waals surface area contributed by atoms with Gasteiger partial charge in [0.05, 0.1) is 29.6 Å². The van der Waals surface area contributed by atoms with Gasteiger partial charge in [0.25, 0.3) is 0 Å². The van der Waals surface area contributed by atoms with Crippen molar-refractivity contribution in [2.45, 2.75) is 32.7 Å². The largest absolute Gasteiger partial charge is 0.501 e. The van der Waals surface area contributed by atoms with Crippen LogP contribution in [0.4, 0.5) is 0 Å². The van der Waals surface area contributed by atoms with E-state index in [0.717, 1.165) is 30.2 Å². The first kappa shape index (κ1) is 11.6. The van der Waals surface area contributed by atoms with Crippen LogP contribution in [0.1, 0.15) is 34.5 Å². The Morgan fingerprint density at radius 3 is 2.81 bits per heavy atom. The smallest absolute Gasteiger partial charge is 0.0900 e. The molecule has 1 unspecified atom stereocenters. The SMILES string of the molecule is CNC(C1=COCCC1)c1sc(C)nc1C. The van der Waals surface area contributed by atoms with Gasteiger partial charge >= 0.3 is 0 Å². The summed E-state index contributed by atoms with van der Waals surface area (Å²) >= 11 is 1.77. The summed E-state index contributed by atoms with van der Waals surface area (Å²) in [5.74, 6) is 0. The zero-order chi connectivity index (χ0) is 11.5. The van der Waals surface area contributed by atoms with E-state index in [-0.39, 0.29) is 6.04 Å². The van der Waals surface area contributed by atoms with Crippen LogP contribution in [0.2, 0.25) is 0 Å². The van der Waals surface area contributed by atoms with E-state index in [0.29, 0.717) is 0 Å². The highest BCUT2D eigenvalue weighted by Gasteiger charge is 2.21. The number of aromatic nitrogens is 1. The molecule has 1 aromatic rings. The summed E-state index contributed by atoms with van der Waals surface area (Å²) in [6.45, 7) is 4.98. The summed E-state index contributed by atoms with van der Waals surface area (Å²) in [6.07, 6.45) is 4.14. The third-order valence-corrected chi connectivity index (χ3v) is 3.96. The molecule has 0 bridgehead atoms.